The average Bonchev–Trinajstić information content (AvgIpc) is 2.64. The van der Waals surface area contributed by atoms with E-state index >= 15 is 0 Å². The molecule has 170 valence electrons. The van der Waals surface area contributed by atoms with E-state index in [1.807, 2.05) is 0 Å². The zero-order valence-corrected chi connectivity index (χ0v) is 17.2. The van der Waals surface area contributed by atoms with Gasteiger partial charge >= 0.3 is 12.4 Å². The number of anilines is 2. The Labute approximate surface area is 183 Å². The van der Waals surface area contributed by atoms with Gasteiger partial charge in [0.2, 0.25) is 0 Å². The molecule has 31 heavy (non-hydrogen) atoms. The van der Waals surface area contributed by atoms with Crippen LogP contribution in [0, 0.1) is 0 Å². The molecule has 2 rings (SSSR count). The van der Waals surface area contributed by atoms with Crippen LogP contribution in [0.3, 0.4) is 0 Å². The molecule has 0 aromatic heterocycles. The molecule has 0 aliphatic rings. The number of hydrogen-bond acceptors (Lipinski definition) is 4. The van der Waals surface area contributed by atoms with Gasteiger partial charge in [-0.2, -0.15) is 26.3 Å². The quantitative estimate of drug-likeness (QED) is 0.366. The molecule has 0 atom stereocenters. The second-order valence-electron chi connectivity index (χ2n) is 5.92. The zero-order chi connectivity index (χ0) is 23.2. The molecule has 0 bridgehead atoms. The Morgan fingerprint density at radius 2 is 1.45 bits per heavy atom. The number of thiocarbonyl (C=S) groups is 1. The predicted octanol–water partition coefficient (Wildman–Crippen LogP) is 6.04. The minimum Gasteiger partial charge on any atom is -0.495 e. The summed E-state index contributed by atoms with van der Waals surface area (Å²) < 4.78 is 88.9. The lowest BCUT2D eigenvalue weighted by atomic mass is 10.2. The molecule has 0 fully saturated rings. The Morgan fingerprint density at radius 3 is 1.94 bits per heavy atom. The largest absolute Gasteiger partial charge is 0.495 e. The Bertz CT molecular complexity index is 888. The topological polar surface area (TPSA) is 51.8 Å². The second kappa shape index (κ2) is 10.1. The molecule has 0 unspecified atom stereocenters. The van der Waals surface area contributed by atoms with E-state index in [0.29, 0.717) is 16.5 Å². The van der Waals surface area contributed by atoms with E-state index in [1.165, 1.54) is 13.2 Å². The highest BCUT2D eigenvalue weighted by atomic mass is 35.5. The Kier molecular flexibility index (Phi) is 8.07. The minimum atomic E-state index is -4.64. The van der Waals surface area contributed by atoms with E-state index in [-0.39, 0.29) is 22.3 Å². The highest BCUT2D eigenvalue weighted by molar-refractivity contribution is 7.80. The molecule has 2 N–H and O–H groups in total. The van der Waals surface area contributed by atoms with Crippen LogP contribution < -0.4 is 24.8 Å². The molecular formula is C18H15ClF6N2O3S. The van der Waals surface area contributed by atoms with E-state index < -0.39 is 25.6 Å². The van der Waals surface area contributed by atoms with Crippen molar-refractivity contribution in [3.8, 4) is 17.2 Å². The molecule has 0 heterocycles. The molecule has 5 nitrogen and oxygen atoms in total. The predicted molar refractivity (Wildman–Crippen MR) is 107 cm³/mol. The van der Waals surface area contributed by atoms with Crippen LogP contribution in [0.25, 0.3) is 0 Å². The molecule has 0 aliphatic carbocycles. The van der Waals surface area contributed by atoms with Crippen molar-refractivity contribution in [2.45, 2.75) is 12.4 Å². The first kappa shape index (κ1) is 24.7. The van der Waals surface area contributed by atoms with Crippen LogP contribution in [0.4, 0.5) is 37.7 Å². The van der Waals surface area contributed by atoms with Crippen molar-refractivity contribution in [3.05, 3.63) is 41.4 Å². The van der Waals surface area contributed by atoms with Crippen molar-refractivity contribution in [2.75, 3.05) is 31.0 Å². The smallest absolute Gasteiger partial charge is 0.422 e. The molecule has 13 heteroatoms. The molecule has 0 amide bonds. The lowest BCUT2D eigenvalue weighted by Crippen LogP contribution is -2.21. The van der Waals surface area contributed by atoms with Crippen molar-refractivity contribution in [3.63, 3.8) is 0 Å². The van der Waals surface area contributed by atoms with Crippen molar-refractivity contribution < 1.29 is 40.6 Å². The standard InChI is InChI=1S/C18H15ClF6N2O3S/c1-28-15-3-2-10(19)4-14(15)27-16(31)26-11-5-12(29-8-17(20,21)22)7-13(6-11)30-9-18(23,24)25/h2-7H,8-9H2,1H3,(H2,26,27,31). The SMILES string of the molecule is COc1ccc(Cl)cc1NC(=S)Nc1cc(OCC(F)(F)F)cc(OCC(F)(F)F)c1. The van der Waals surface area contributed by atoms with Crippen molar-refractivity contribution in [1.29, 1.82) is 0 Å². The van der Waals surface area contributed by atoms with Crippen LogP contribution >= 0.6 is 23.8 Å². The van der Waals surface area contributed by atoms with Gasteiger partial charge in [0.1, 0.15) is 17.2 Å². The lowest BCUT2D eigenvalue weighted by molar-refractivity contribution is -0.153. The molecule has 0 aliphatic heterocycles. The fourth-order valence-corrected chi connectivity index (χ4v) is 2.60. The summed E-state index contributed by atoms with van der Waals surface area (Å²) >= 11 is 11.1. The summed E-state index contributed by atoms with van der Waals surface area (Å²) in [6, 6.07) is 7.80. The summed E-state index contributed by atoms with van der Waals surface area (Å²) in [7, 11) is 1.41. The molecule has 2 aromatic rings. The van der Waals surface area contributed by atoms with Gasteiger partial charge in [0.05, 0.1) is 12.8 Å². The number of nitrogens with one attached hydrogen (secondary N) is 2. The Hall–Kier alpha value is -2.60. The summed E-state index contributed by atoms with van der Waals surface area (Å²) in [5.74, 6) is -0.352. The summed E-state index contributed by atoms with van der Waals surface area (Å²) in [6.07, 6.45) is -9.28. The number of rotatable bonds is 7. The summed E-state index contributed by atoms with van der Waals surface area (Å²) in [4.78, 5) is 0. The summed E-state index contributed by atoms with van der Waals surface area (Å²) in [6.45, 7) is -3.28. The maximum atomic E-state index is 12.4. The van der Waals surface area contributed by atoms with Gasteiger partial charge in [-0.25, -0.2) is 0 Å². The Morgan fingerprint density at radius 1 is 0.903 bits per heavy atom. The van der Waals surface area contributed by atoms with Crippen molar-refractivity contribution in [1.82, 2.24) is 0 Å². The number of halogens is 7. The molecule has 0 spiro atoms. The number of hydrogen-bond donors (Lipinski definition) is 2. The average molecular weight is 489 g/mol. The lowest BCUT2D eigenvalue weighted by Gasteiger charge is -2.17. The van der Waals surface area contributed by atoms with E-state index in [4.69, 9.17) is 28.6 Å². The first-order chi connectivity index (χ1) is 14.3. The second-order valence-corrected chi connectivity index (χ2v) is 6.77. The normalized spacial score (nSPS) is 11.6. The monoisotopic (exact) mass is 488 g/mol. The fourth-order valence-electron chi connectivity index (χ4n) is 2.20. The molecule has 0 radical (unpaired) electrons. The third-order valence-corrected chi connectivity index (χ3v) is 3.79. The highest BCUT2D eigenvalue weighted by Gasteiger charge is 2.30. The third kappa shape index (κ3) is 8.97. The molecule has 0 saturated heterocycles. The van der Waals surface area contributed by atoms with Crippen LogP contribution in [0.2, 0.25) is 5.02 Å². The van der Waals surface area contributed by atoms with Crippen LogP contribution in [0.15, 0.2) is 36.4 Å². The van der Waals surface area contributed by atoms with Gasteiger partial charge in [0.15, 0.2) is 18.3 Å². The Balaban J connectivity index is 2.20. The molecule has 2 aromatic carbocycles. The van der Waals surface area contributed by atoms with Crippen LogP contribution in [-0.2, 0) is 0 Å². The van der Waals surface area contributed by atoms with Crippen molar-refractivity contribution >= 4 is 40.3 Å². The highest BCUT2D eigenvalue weighted by Crippen LogP contribution is 2.31. The van der Waals surface area contributed by atoms with Gasteiger partial charge < -0.3 is 24.8 Å². The van der Waals surface area contributed by atoms with Crippen molar-refractivity contribution in [2.24, 2.45) is 0 Å². The van der Waals surface area contributed by atoms with Gasteiger partial charge in [-0.1, -0.05) is 11.6 Å². The van der Waals surface area contributed by atoms with Crippen LogP contribution in [0.1, 0.15) is 0 Å². The number of methoxy groups -OCH3 is 1. The van der Waals surface area contributed by atoms with E-state index in [1.54, 1.807) is 12.1 Å². The first-order valence-corrected chi connectivity index (χ1v) is 9.09. The van der Waals surface area contributed by atoms with Crippen LogP contribution in [-0.4, -0.2) is 37.8 Å². The van der Waals surface area contributed by atoms with Gasteiger partial charge in [-0.05, 0) is 30.4 Å². The van der Waals surface area contributed by atoms with Gasteiger partial charge in [0, 0.05) is 28.9 Å². The molecular weight excluding hydrogens is 474 g/mol. The molecule has 0 saturated carbocycles. The van der Waals surface area contributed by atoms with Gasteiger partial charge in [0.25, 0.3) is 0 Å². The van der Waals surface area contributed by atoms with E-state index in [2.05, 4.69) is 20.1 Å². The maximum Gasteiger partial charge on any atom is 0.422 e. The first-order valence-electron chi connectivity index (χ1n) is 8.30. The number of benzene rings is 2. The van der Waals surface area contributed by atoms with Gasteiger partial charge in [-0.3, -0.25) is 0 Å². The number of ether oxygens (including phenoxy) is 3. The fraction of sp³-hybridized carbons (Fsp3) is 0.278. The third-order valence-electron chi connectivity index (χ3n) is 3.35. The minimum absolute atomic E-state index is 0.0235. The summed E-state index contributed by atoms with van der Waals surface area (Å²) in [5, 5.41) is 5.73. The van der Waals surface area contributed by atoms with E-state index in [0.717, 1.165) is 18.2 Å². The number of alkyl halides is 6. The van der Waals surface area contributed by atoms with Gasteiger partial charge in [-0.15, -0.1) is 0 Å². The van der Waals surface area contributed by atoms with E-state index in [9.17, 15) is 26.3 Å². The summed E-state index contributed by atoms with van der Waals surface area (Å²) in [5.41, 5.74) is 0.404. The zero-order valence-electron chi connectivity index (χ0n) is 15.7. The van der Waals surface area contributed by atoms with Crippen LogP contribution in [0.5, 0.6) is 17.2 Å². The maximum absolute atomic E-state index is 12.4.